The Morgan fingerprint density at radius 1 is 1.50 bits per heavy atom. The molecule has 0 spiro atoms. The lowest BCUT2D eigenvalue weighted by atomic mass is 10.2. The molecule has 1 aromatic carbocycles. The zero-order valence-corrected chi connectivity index (χ0v) is 10.8. The van der Waals surface area contributed by atoms with E-state index in [-0.39, 0.29) is 29.7 Å². The van der Waals surface area contributed by atoms with Gasteiger partial charge in [-0.15, -0.1) is 0 Å². The molecule has 0 saturated carbocycles. The molecule has 0 aromatic heterocycles. The lowest BCUT2D eigenvalue weighted by Gasteiger charge is -2.17. The van der Waals surface area contributed by atoms with Crippen molar-refractivity contribution >= 4 is 17.5 Å². The van der Waals surface area contributed by atoms with E-state index in [0.29, 0.717) is 13.2 Å². The number of benzene rings is 1. The average molecular weight is 276 g/mol. The van der Waals surface area contributed by atoms with Crippen LogP contribution >= 0.6 is 11.6 Å². The summed E-state index contributed by atoms with van der Waals surface area (Å²) in [6.45, 7) is 0.861. The molecule has 0 atom stereocenters. The first-order valence-corrected chi connectivity index (χ1v) is 5.83. The summed E-state index contributed by atoms with van der Waals surface area (Å²) in [6, 6.07) is 3.93. The minimum absolute atomic E-state index is 0.0134. The molecule has 18 heavy (non-hydrogen) atoms. The van der Waals surface area contributed by atoms with Gasteiger partial charge in [0.1, 0.15) is 5.82 Å². The lowest BCUT2D eigenvalue weighted by Crippen LogP contribution is -2.30. The highest BCUT2D eigenvalue weighted by molar-refractivity contribution is 6.30. The highest BCUT2D eigenvalue weighted by Crippen LogP contribution is 2.16. The highest BCUT2D eigenvalue weighted by Gasteiger charge is 2.13. The van der Waals surface area contributed by atoms with Crippen molar-refractivity contribution in [3.05, 3.63) is 34.6 Å². The summed E-state index contributed by atoms with van der Waals surface area (Å²) in [5.41, 5.74) is 0.238. The van der Waals surface area contributed by atoms with Crippen molar-refractivity contribution in [3.8, 4) is 0 Å². The van der Waals surface area contributed by atoms with E-state index < -0.39 is 5.82 Å². The Balaban J connectivity index is 2.54. The fourth-order valence-corrected chi connectivity index (χ4v) is 1.44. The number of carbonyl (C=O) groups is 1. The van der Waals surface area contributed by atoms with Gasteiger partial charge in [-0.05, 0) is 18.2 Å². The second-order valence-corrected chi connectivity index (χ2v) is 4.10. The van der Waals surface area contributed by atoms with Crippen molar-refractivity contribution in [2.45, 2.75) is 0 Å². The summed E-state index contributed by atoms with van der Waals surface area (Å²) in [7, 11) is 1.59. The number of nitrogens with zero attached hydrogens (tertiary/aromatic N) is 1. The normalized spacial score (nSPS) is 10.4. The van der Waals surface area contributed by atoms with Crippen molar-refractivity contribution in [1.82, 2.24) is 4.90 Å². The van der Waals surface area contributed by atoms with E-state index in [4.69, 9.17) is 21.4 Å². The fourth-order valence-electron chi connectivity index (χ4n) is 1.32. The SMILES string of the molecule is CN(CCOCCO)C(=O)c1ccc(Cl)c(F)c1. The molecule has 0 aliphatic carbocycles. The van der Waals surface area contributed by atoms with Gasteiger partial charge in [-0.1, -0.05) is 11.6 Å². The van der Waals surface area contributed by atoms with Crippen LogP contribution in [0.2, 0.25) is 5.02 Å². The van der Waals surface area contributed by atoms with E-state index >= 15 is 0 Å². The van der Waals surface area contributed by atoms with Gasteiger partial charge in [-0.3, -0.25) is 4.79 Å². The number of hydrogen-bond donors (Lipinski definition) is 1. The molecule has 0 saturated heterocycles. The maximum absolute atomic E-state index is 13.2. The molecule has 0 radical (unpaired) electrons. The van der Waals surface area contributed by atoms with Crippen LogP contribution in [0, 0.1) is 5.82 Å². The lowest BCUT2D eigenvalue weighted by molar-refractivity contribution is 0.0618. The largest absolute Gasteiger partial charge is 0.394 e. The number of likely N-dealkylation sites (N-methyl/N-ethyl adjacent to an activating group) is 1. The van der Waals surface area contributed by atoms with Gasteiger partial charge in [0.15, 0.2) is 0 Å². The third-order valence-corrected chi connectivity index (χ3v) is 2.63. The first-order chi connectivity index (χ1) is 8.56. The maximum Gasteiger partial charge on any atom is 0.253 e. The van der Waals surface area contributed by atoms with Gasteiger partial charge in [-0.25, -0.2) is 4.39 Å². The highest BCUT2D eigenvalue weighted by atomic mass is 35.5. The second-order valence-electron chi connectivity index (χ2n) is 3.69. The second kappa shape index (κ2) is 7.31. The molecule has 0 heterocycles. The summed E-state index contributed by atoms with van der Waals surface area (Å²) in [6.07, 6.45) is 0. The number of hydrogen-bond acceptors (Lipinski definition) is 3. The molecule has 1 rings (SSSR count). The van der Waals surface area contributed by atoms with Crippen molar-refractivity contribution < 1.29 is 19.0 Å². The van der Waals surface area contributed by atoms with Gasteiger partial charge < -0.3 is 14.7 Å². The van der Waals surface area contributed by atoms with Crippen LogP contribution in [0.25, 0.3) is 0 Å². The van der Waals surface area contributed by atoms with Crippen molar-refractivity contribution in [3.63, 3.8) is 0 Å². The van der Waals surface area contributed by atoms with Gasteiger partial charge in [0.05, 0.1) is 24.8 Å². The van der Waals surface area contributed by atoms with E-state index in [0.717, 1.165) is 6.07 Å². The van der Waals surface area contributed by atoms with Gasteiger partial charge in [0.2, 0.25) is 0 Å². The van der Waals surface area contributed by atoms with Crippen LogP contribution in [0.15, 0.2) is 18.2 Å². The number of amides is 1. The zero-order chi connectivity index (χ0) is 13.5. The standard InChI is InChI=1S/C12H15ClFNO3/c1-15(4-6-18-7-5-16)12(17)9-2-3-10(13)11(14)8-9/h2-3,8,16H,4-7H2,1H3. The molecule has 0 bridgehead atoms. The summed E-state index contributed by atoms with van der Waals surface area (Å²) in [5.74, 6) is -0.925. The van der Waals surface area contributed by atoms with Crippen LogP contribution in [0.5, 0.6) is 0 Å². The summed E-state index contributed by atoms with van der Waals surface area (Å²) < 4.78 is 18.2. The molecule has 1 N–H and O–H groups in total. The molecule has 0 aliphatic heterocycles. The number of ether oxygens (including phenoxy) is 1. The third kappa shape index (κ3) is 4.25. The third-order valence-electron chi connectivity index (χ3n) is 2.32. The van der Waals surface area contributed by atoms with Crippen LogP contribution in [-0.2, 0) is 4.74 Å². The molecule has 6 heteroatoms. The van der Waals surface area contributed by atoms with Crippen molar-refractivity contribution in [2.24, 2.45) is 0 Å². The van der Waals surface area contributed by atoms with Gasteiger partial charge in [0, 0.05) is 19.2 Å². The average Bonchev–Trinajstić information content (AvgIpc) is 2.37. The van der Waals surface area contributed by atoms with Crippen molar-refractivity contribution in [1.29, 1.82) is 0 Å². The molecule has 0 aliphatic rings. The first kappa shape index (κ1) is 14.9. The number of halogens is 2. The molecule has 1 aromatic rings. The number of aliphatic hydroxyl groups excluding tert-OH is 1. The van der Waals surface area contributed by atoms with Crippen LogP contribution in [0.1, 0.15) is 10.4 Å². The van der Waals surface area contributed by atoms with E-state index in [9.17, 15) is 9.18 Å². The molecular weight excluding hydrogens is 261 g/mol. The first-order valence-electron chi connectivity index (χ1n) is 5.45. The minimum atomic E-state index is -0.618. The monoisotopic (exact) mass is 275 g/mol. The Morgan fingerprint density at radius 2 is 2.22 bits per heavy atom. The fraction of sp³-hybridized carbons (Fsp3) is 0.417. The molecule has 0 fully saturated rings. The predicted octanol–water partition coefficient (Wildman–Crippen LogP) is 1.56. The quantitative estimate of drug-likeness (QED) is 0.802. The van der Waals surface area contributed by atoms with Gasteiger partial charge in [-0.2, -0.15) is 0 Å². The van der Waals surface area contributed by atoms with Crippen molar-refractivity contribution in [2.75, 3.05) is 33.4 Å². The minimum Gasteiger partial charge on any atom is -0.394 e. The topological polar surface area (TPSA) is 49.8 Å². The Labute approximate surface area is 110 Å². The van der Waals surface area contributed by atoms with Gasteiger partial charge in [0.25, 0.3) is 5.91 Å². The smallest absolute Gasteiger partial charge is 0.253 e. The predicted molar refractivity (Wildman–Crippen MR) is 66.3 cm³/mol. The Bertz CT molecular complexity index is 414. The summed E-state index contributed by atoms with van der Waals surface area (Å²) in [5, 5.41) is 8.50. The molecule has 1 amide bonds. The molecule has 100 valence electrons. The van der Waals surface area contributed by atoms with E-state index in [2.05, 4.69) is 0 Å². The van der Waals surface area contributed by atoms with E-state index in [1.165, 1.54) is 17.0 Å². The van der Waals surface area contributed by atoms with Crippen LogP contribution in [0.4, 0.5) is 4.39 Å². The number of aliphatic hydroxyl groups is 1. The van der Waals surface area contributed by atoms with Crippen LogP contribution in [-0.4, -0.2) is 49.3 Å². The van der Waals surface area contributed by atoms with E-state index in [1.54, 1.807) is 7.05 Å². The molecule has 4 nitrogen and oxygen atoms in total. The Morgan fingerprint density at radius 3 is 2.83 bits per heavy atom. The zero-order valence-electron chi connectivity index (χ0n) is 10.0. The summed E-state index contributed by atoms with van der Waals surface area (Å²) >= 11 is 5.54. The molecule has 0 unspecified atom stereocenters. The van der Waals surface area contributed by atoms with Gasteiger partial charge >= 0.3 is 0 Å². The molecular formula is C12H15ClFNO3. The Kier molecular flexibility index (Phi) is 6.04. The number of carbonyl (C=O) groups excluding carboxylic acids is 1. The van der Waals surface area contributed by atoms with Crippen LogP contribution < -0.4 is 0 Å². The van der Waals surface area contributed by atoms with E-state index in [1.807, 2.05) is 0 Å². The van der Waals surface area contributed by atoms with Crippen LogP contribution in [0.3, 0.4) is 0 Å². The summed E-state index contributed by atoms with van der Waals surface area (Å²) in [4.78, 5) is 13.3. The maximum atomic E-state index is 13.2. The number of rotatable bonds is 6. The Hall–Kier alpha value is -1.17.